The molecule has 0 amide bonds. The standard InChI is InChI=1S/C8H7ClN2OS/c1-4-3-6(13-5(4)2)7-10-8(9)11-12-7/h3H,1-2H3. The van der Waals surface area contributed by atoms with Crippen molar-refractivity contribution in [3.8, 4) is 10.8 Å². The molecule has 3 nitrogen and oxygen atoms in total. The smallest absolute Gasteiger partial charge is 0.269 e. The van der Waals surface area contributed by atoms with Crippen LogP contribution in [-0.4, -0.2) is 10.1 Å². The van der Waals surface area contributed by atoms with Crippen LogP contribution < -0.4 is 0 Å². The molecule has 0 aromatic carbocycles. The van der Waals surface area contributed by atoms with Crippen molar-refractivity contribution in [2.24, 2.45) is 0 Å². The van der Waals surface area contributed by atoms with E-state index < -0.39 is 0 Å². The summed E-state index contributed by atoms with van der Waals surface area (Å²) < 4.78 is 4.94. The van der Waals surface area contributed by atoms with Crippen molar-refractivity contribution >= 4 is 22.9 Å². The topological polar surface area (TPSA) is 38.9 Å². The van der Waals surface area contributed by atoms with E-state index in [0.717, 1.165) is 4.88 Å². The molecule has 2 aromatic rings. The molecule has 0 fully saturated rings. The van der Waals surface area contributed by atoms with Gasteiger partial charge in [0.2, 0.25) is 0 Å². The van der Waals surface area contributed by atoms with E-state index in [9.17, 15) is 0 Å². The maximum atomic E-state index is 5.55. The maximum absolute atomic E-state index is 5.55. The van der Waals surface area contributed by atoms with E-state index in [-0.39, 0.29) is 5.28 Å². The number of aromatic nitrogens is 2. The number of hydrogen-bond donors (Lipinski definition) is 0. The Bertz CT molecular complexity index is 416. The summed E-state index contributed by atoms with van der Waals surface area (Å²) in [6.45, 7) is 4.11. The molecule has 0 aliphatic carbocycles. The van der Waals surface area contributed by atoms with Crippen molar-refractivity contribution in [1.82, 2.24) is 10.1 Å². The van der Waals surface area contributed by atoms with E-state index in [1.807, 2.05) is 13.0 Å². The first-order chi connectivity index (χ1) is 6.16. The lowest BCUT2D eigenvalue weighted by atomic mass is 10.3. The minimum absolute atomic E-state index is 0.152. The summed E-state index contributed by atoms with van der Waals surface area (Å²) in [4.78, 5) is 6.15. The molecule has 68 valence electrons. The number of hydrogen-bond acceptors (Lipinski definition) is 4. The Balaban J connectivity index is 2.46. The average Bonchev–Trinajstić information content (AvgIpc) is 2.61. The van der Waals surface area contributed by atoms with E-state index >= 15 is 0 Å². The lowest BCUT2D eigenvalue weighted by molar-refractivity contribution is 0.431. The predicted molar refractivity (Wildman–Crippen MR) is 52.1 cm³/mol. The third-order valence-corrected chi connectivity index (χ3v) is 3.07. The molecule has 2 heterocycles. The molecule has 0 unspecified atom stereocenters. The number of halogens is 1. The Hall–Kier alpha value is -0.870. The second-order valence-electron chi connectivity index (χ2n) is 2.72. The zero-order valence-corrected chi connectivity index (χ0v) is 8.74. The molecule has 0 N–H and O–H groups in total. The first-order valence-corrected chi connectivity index (χ1v) is 4.93. The van der Waals surface area contributed by atoms with E-state index in [2.05, 4.69) is 17.1 Å². The lowest BCUT2D eigenvalue weighted by Crippen LogP contribution is -1.68. The summed E-state index contributed by atoms with van der Waals surface area (Å²) in [6, 6.07) is 2.02. The van der Waals surface area contributed by atoms with Crippen LogP contribution in [0.15, 0.2) is 10.6 Å². The highest BCUT2D eigenvalue weighted by Gasteiger charge is 2.10. The van der Waals surface area contributed by atoms with Gasteiger partial charge in [0.05, 0.1) is 4.88 Å². The number of rotatable bonds is 1. The highest BCUT2D eigenvalue weighted by molar-refractivity contribution is 7.15. The van der Waals surface area contributed by atoms with Gasteiger partial charge in [-0.15, -0.1) is 11.3 Å². The molecule has 0 spiro atoms. The summed E-state index contributed by atoms with van der Waals surface area (Å²) in [5, 5.41) is 3.67. The largest absolute Gasteiger partial charge is 0.332 e. The fourth-order valence-corrected chi connectivity index (χ4v) is 2.05. The SMILES string of the molecule is Cc1cc(-c2nc(Cl)no2)sc1C. The molecule has 2 rings (SSSR count). The van der Waals surface area contributed by atoms with Crippen LogP contribution >= 0.6 is 22.9 Å². The molecule has 13 heavy (non-hydrogen) atoms. The van der Waals surface area contributed by atoms with Crippen LogP contribution in [0.25, 0.3) is 10.8 Å². The van der Waals surface area contributed by atoms with Gasteiger partial charge in [0, 0.05) is 4.88 Å². The first kappa shape index (κ1) is 8.72. The van der Waals surface area contributed by atoms with Crippen molar-refractivity contribution in [2.45, 2.75) is 13.8 Å². The van der Waals surface area contributed by atoms with Crippen molar-refractivity contribution in [3.63, 3.8) is 0 Å². The van der Waals surface area contributed by atoms with Gasteiger partial charge in [0.25, 0.3) is 11.2 Å². The summed E-state index contributed by atoms with van der Waals surface area (Å²) in [5.41, 5.74) is 1.23. The third-order valence-electron chi connectivity index (χ3n) is 1.78. The molecule has 0 atom stereocenters. The molecule has 0 saturated carbocycles. The van der Waals surface area contributed by atoms with E-state index in [1.54, 1.807) is 11.3 Å². The van der Waals surface area contributed by atoms with E-state index in [0.29, 0.717) is 5.89 Å². The quantitative estimate of drug-likeness (QED) is 0.733. The van der Waals surface area contributed by atoms with Gasteiger partial charge in [-0.1, -0.05) is 0 Å². The minimum atomic E-state index is 0.152. The second kappa shape index (κ2) is 3.12. The van der Waals surface area contributed by atoms with Crippen LogP contribution in [0.2, 0.25) is 5.28 Å². The van der Waals surface area contributed by atoms with Crippen molar-refractivity contribution < 1.29 is 4.52 Å². The highest BCUT2D eigenvalue weighted by Crippen LogP contribution is 2.29. The Morgan fingerprint density at radius 2 is 2.23 bits per heavy atom. The fourth-order valence-electron chi connectivity index (χ4n) is 0.984. The number of nitrogens with zero attached hydrogens (tertiary/aromatic N) is 2. The van der Waals surface area contributed by atoms with Gasteiger partial charge in [-0.05, 0) is 42.2 Å². The number of thiophene rings is 1. The Kier molecular flexibility index (Phi) is 2.09. The van der Waals surface area contributed by atoms with Gasteiger partial charge in [-0.3, -0.25) is 0 Å². The molecule has 2 aromatic heterocycles. The minimum Gasteiger partial charge on any atom is -0.332 e. The first-order valence-electron chi connectivity index (χ1n) is 3.73. The Morgan fingerprint density at radius 1 is 1.46 bits per heavy atom. The van der Waals surface area contributed by atoms with Crippen molar-refractivity contribution in [2.75, 3.05) is 0 Å². The average molecular weight is 215 g/mol. The van der Waals surface area contributed by atoms with Crippen LogP contribution in [0.4, 0.5) is 0 Å². The molecular formula is C8H7ClN2OS. The predicted octanol–water partition coefficient (Wildman–Crippen LogP) is 3.07. The van der Waals surface area contributed by atoms with Crippen molar-refractivity contribution in [3.05, 3.63) is 21.8 Å². The van der Waals surface area contributed by atoms with Gasteiger partial charge in [0.15, 0.2) is 0 Å². The van der Waals surface area contributed by atoms with Gasteiger partial charge in [0.1, 0.15) is 0 Å². The number of aryl methyl sites for hydroxylation is 2. The maximum Gasteiger partial charge on any atom is 0.269 e. The Morgan fingerprint density at radius 3 is 2.69 bits per heavy atom. The third kappa shape index (κ3) is 1.59. The van der Waals surface area contributed by atoms with Gasteiger partial charge in [-0.2, -0.15) is 4.98 Å². The normalized spacial score (nSPS) is 10.7. The van der Waals surface area contributed by atoms with Gasteiger partial charge >= 0.3 is 0 Å². The van der Waals surface area contributed by atoms with Gasteiger partial charge in [-0.25, -0.2) is 0 Å². The zero-order chi connectivity index (χ0) is 9.42. The fraction of sp³-hybridized carbons (Fsp3) is 0.250. The molecule has 0 saturated heterocycles. The molecule has 0 bridgehead atoms. The van der Waals surface area contributed by atoms with Crippen LogP contribution in [0.1, 0.15) is 10.4 Å². The highest BCUT2D eigenvalue weighted by atomic mass is 35.5. The van der Waals surface area contributed by atoms with Crippen LogP contribution in [-0.2, 0) is 0 Å². The molecule has 5 heteroatoms. The molecule has 0 radical (unpaired) electrons. The molecule has 0 aliphatic rings. The summed E-state index contributed by atoms with van der Waals surface area (Å²) in [7, 11) is 0. The Labute approximate surface area is 84.3 Å². The van der Waals surface area contributed by atoms with Crippen LogP contribution in [0.5, 0.6) is 0 Å². The van der Waals surface area contributed by atoms with Gasteiger partial charge < -0.3 is 4.52 Å². The second-order valence-corrected chi connectivity index (χ2v) is 4.31. The van der Waals surface area contributed by atoms with E-state index in [1.165, 1.54) is 10.4 Å². The van der Waals surface area contributed by atoms with Crippen LogP contribution in [0, 0.1) is 13.8 Å². The summed E-state index contributed by atoms with van der Waals surface area (Å²) in [5.74, 6) is 0.492. The monoisotopic (exact) mass is 214 g/mol. The zero-order valence-electron chi connectivity index (χ0n) is 7.17. The van der Waals surface area contributed by atoms with Crippen molar-refractivity contribution in [1.29, 1.82) is 0 Å². The van der Waals surface area contributed by atoms with Crippen LogP contribution in [0.3, 0.4) is 0 Å². The summed E-state index contributed by atoms with van der Waals surface area (Å²) >= 11 is 7.17. The lowest BCUT2D eigenvalue weighted by Gasteiger charge is -1.81. The molecule has 0 aliphatic heterocycles. The van der Waals surface area contributed by atoms with E-state index in [4.69, 9.17) is 16.1 Å². The molecular weight excluding hydrogens is 208 g/mol. The summed E-state index contributed by atoms with van der Waals surface area (Å²) in [6.07, 6.45) is 0.